The maximum atomic E-state index is 5.87. The third-order valence-electron chi connectivity index (χ3n) is 3.05. The highest BCUT2D eigenvalue weighted by atomic mass is 16.3. The number of furan rings is 1. The Morgan fingerprint density at radius 1 is 1.00 bits per heavy atom. The van der Waals surface area contributed by atoms with Gasteiger partial charge in [0, 0.05) is 10.8 Å². The molecule has 2 aromatic carbocycles. The van der Waals surface area contributed by atoms with Gasteiger partial charge in [0.2, 0.25) is 0 Å². The van der Waals surface area contributed by atoms with Crippen molar-refractivity contribution in [1.82, 2.24) is 0 Å². The van der Waals surface area contributed by atoms with Crippen LogP contribution < -0.4 is 5.46 Å². The zero-order chi connectivity index (χ0) is 13.1. The monoisotopic (exact) mass is 237 g/mol. The maximum Gasteiger partial charge on any atom is 0.148 e. The Morgan fingerprint density at radius 2 is 1.78 bits per heavy atom. The van der Waals surface area contributed by atoms with E-state index in [0.29, 0.717) is 0 Å². The van der Waals surface area contributed by atoms with Gasteiger partial charge in [-0.2, -0.15) is 0 Å². The molecule has 0 fully saturated rings. The Hall–Kier alpha value is -1.70. The summed E-state index contributed by atoms with van der Waals surface area (Å²) in [5.41, 5.74) is 4.40. The highest BCUT2D eigenvalue weighted by Gasteiger charge is 2.08. The third kappa shape index (κ3) is 2.03. The standard InChI is InChI=1S/C14H12BO.C2H6/c1-9-4-3-5-11-12-8-10(15-2)6-7-13(12)16-14(9)11;1-2/h3-8H,1-2H3;1-2H3. The van der Waals surface area contributed by atoms with Crippen LogP contribution in [-0.4, -0.2) is 7.28 Å². The highest BCUT2D eigenvalue weighted by molar-refractivity contribution is 6.52. The second-order valence-corrected chi connectivity index (χ2v) is 4.10. The Bertz CT molecular complexity index is 667. The van der Waals surface area contributed by atoms with Crippen LogP contribution in [-0.2, 0) is 0 Å². The zero-order valence-electron chi connectivity index (χ0n) is 11.4. The molecule has 0 aliphatic rings. The van der Waals surface area contributed by atoms with Crippen molar-refractivity contribution in [2.24, 2.45) is 0 Å². The molecular weight excluding hydrogens is 219 g/mol. The van der Waals surface area contributed by atoms with Crippen LogP contribution in [0.1, 0.15) is 19.4 Å². The van der Waals surface area contributed by atoms with Crippen molar-refractivity contribution in [2.75, 3.05) is 0 Å². The van der Waals surface area contributed by atoms with E-state index in [2.05, 4.69) is 51.4 Å². The van der Waals surface area contributed by atoms with Crippen molar-refractivity contribution >= 4 is 34.7 Å². The van der Waals surface area contributed by atoms with Gasteiger partial charge in [-0.1, -0.05) is 56.5 Å². The minimum Gasteiger partial charge on any atom is -0.456 e. The molecule has 18 heavy (non-hydrogen) atoms. The number of para-hydroxylation sites is 1. The molecule has 2 heteroatoms. The van der Waals surface area contributed by atoms with Gasteiger partial charge in [0.25, 0.3) is 0 Å². The first-order chi connectivity index (χ1) is 8.79. The van der Waals surface area contributed by atoms with E-state index in [9.17, 15) is 0 Å². The molecule has 0 saturated carbocycles. The summed E-state index contributed by atoms with van der Waals surface area (Å²) in [7, 11) is 2.11. The molecule has 1 heterocycles. The van der Waals surface area contributed by atoms with Gasteiger partial charge in [0.15, 0.2) is 0 Å². The maximum absolute atomic E-state index is 5.87. The molecule has 0 atom stereocenters. The molecule has 3 aromatic rings. The summed E-state index contributed by atoms with van der Waals surface area (Å²) in [6.07, 6.45) is 0. The van der Waals surface area contributed by atoms with E-state index in [0.717, 1.165) is 11.2 Å². The van der Waals surface area contributed by atoms with Gasteiger partial charge in [-0.3, -0.25) is 0 Å². The number of hydrogen-bond acceptors (Lipinski definition) is 1. The molecule has 0 amide bonds. The summed E-state index contributed by atoms with van der Waals surface area (Å²) >= 11 is 0. The first-order valence-electron chi connectivity index (χ1n) is 6.51. The van der Waals surface area contributed by atoms with E-state index in [1.165, 1.54) is 21.8 Å². The molecular formula is C16H18BO. The molecule has 1 aromatic heterocycles. The summed E-state index contributed by atoms with van der Waals surface area (Å²) in [5, 5.41) is 2.41. The highest BCUT2D eigenvalue weighted by Crippen LogP contribution is 2.29. The minimum atomic E-state index is 0.968. The molecule has 0 spiro atoms. The molecule has 0 aliphatic carbocycles. The smallest absolute Gasteiger partial charge is 0.148 e. The fourth-order valence-corrected chi connectivity index (χ4v) is 2.14. The predicted molar refractivity (Wildman–Crippen MR) is 81.1 cm³/mol. The van der Waals surface area contributed by atoms with Crippen molar-refractivity contribution in [3.8, 4) is 0 Å². The summed E-state index contributed by atoms with van der Waals surface area (Å²) < 4.78 is 5.87. The van der Waals surface area contributed by atoms with E-state index < -0.39 is 0 Å². The Morgan fingerprint density at radius 3 is 2.50 bits per heavy atom. The summed E-state index contributed by atoms with van der Waals surface area (Å²) in [6.45, 7) is 8.13. The normalized spacial score (nSPS) is 10.2. The Kier molecular flexibility index (Phi) is 3.76. The lowest BCUT2D eigenvalue weighted by atomic mass is 9.73. The van der Waals surface area contributed by atoms with Gasteiger partial charge < -0.3 is 4.42 Å². The summed E-state index contributed by atoms with van der Waals surface area (Å²) in [4.78, 5) is 0. The van der Waals surface area contributed by atoms with E-state index in [4.69, 9.17) is 4.42 Å². The van der Waals surface area contributed by atoms with Crippen molar-refractivity contribution < 1.29 is 4.42 Å². The number of fused-ring (bicyclic) bond motifs is 3. The second kappa shape index (κ2) is 5.30. The number of aryl methyl sites for hydroxylation is 1. The molecule has 0 unspecified atom stereocenters. The van der Waals surface area contributed by atoms with Crippen molar-refractivity contribution in [3.63, 3.8) is 0 Å². The van der Waals surface area contributed by atoms with Gasteiger partial charge in [0.05, 0.1) is 0 Å². The van der Waals surface area contributed by atoms with Crippen LogP contribution in [0.5, 0.6) is 0 Å². The lowest BCUT2D eigenvalue weighted by molar-refractivity contribution is 0.666. The average Bonchev–Trinajstić information content (AvgIpc) is 2.80. The SMILES string of the molecule is CC.C[B]c1ccc2oc3c(C)cccc3c2c1. The van der Waals surface area contributed by atoms with Crippen LogP contribution in [0.3, 0.4) is 0 Å². The van der Waals surface area contributed by atoms with E-state index >= 15 is 0 Å². The fourth-order valence-electron chi connectivity index (χ4n) is 2.14. The molecule has 1 nitrogen and oxygen atoms in total. The van der Waals surface area contributed by atoms with Gasteiger partial charge >= 0.3 is 0 Å². The van der Waals surface area contributed by atoms with Gasteiger partial charge in [-0.25, -0.2) is 0 Å². The lowest BCUT2D eigenvalue weighted by Crippen LogP contribution is -2.08. The fraction of sp³-hybridized carbons (Fsp3) is 0.250. The molecule has 91 valence electrons. The molecule has 0 saturated heterocycles. The zero-order valence-corrected chi connectivity index (χ0v) is 11.4. The number of hydrogen-bond donors (Lipinski definition) is 0. The lowest BCUT2D eigenvalue weighted by Gasteiger charge is -1.94. The van der Waals surface area contributed by atoms with Crippen LogP contribution in [0.2, 0.25) is 6.82 Å². The quantitative estimate of drug-likeness (QED) is 0.575. The van der Waals surface area contributed by atoms with Crippen LogP contribution in [0.25, 0.3) is 21.9 Å². The van der Waals surface area contributed by atoms with Gasteiger partial charge in [-0.05, 0) is 18.6 Å². The predicted octanol–water partition coefficient (Wildman–Crippen LogP) is 4.30. The average molecular weight is 237 g/mol. The first kappa shape index (κ1) is 12.8. The topological polar surface area (TPSA) is 13.1 Å². The molecule has 0 N–H and O–H groups in total. The van der Waals surface area contributed by atoms with Gasteiger partial charge in [-0.15, -0.1) is 0 Å². The van der Waals surface area contributed by atoms with E-state index in [1.54, 1.807) is 0 Å². The summed E-state index contributed by atoms with van der Waals surface area (Å²) in [6, 6.07) is 12.6. The van der Waals surface area contributed by atoms with E-state index in [1.807, 2.05) is 19.9 Å². The van der Waals surface area contributed by atoms with Crippen molar-refractivity contribution in [1.29, 1.82) is 0 Å². The van der Waals surface area contributed by atoms with Crippen molar-refractivity contribution in [3.05, 3.63) is 42.0 Å². The molecule has 0 bridgehead atoms. The van der Waals surface area contributed by atoms with Crippen LogP contribution in [0, 0.1) is 6.92 Å². The third-order valence-corrected chi connectivity index (χ3v) is 3.05. The van der Waals surface area contributed by atoms with Crippen LogP contribution in [0.15, 0.2) is 40.8 Å². The van der Waals surface area contributed by atoms with Crippen LogP contribution >= 0.6 is 0 Å². The number of benzene rings is 2. The Labute approximate surface area is 109 Å². The summed E-state index contributed by atoms with van der Waals surface area (Å²) in [5.74, 6) is 0. The van der Waals surface area contributed by atoms with E-state index in [-0.39, 0.29) is 0 Å². The minimum absolute atomic E-state index is 0.968. The first-order valence-corrected chi connectivity index (χ1v) is 6.51. The second-order valence-electron chi connectivity index (χ2n) is 4.10. The molecule has 3 rings (SSSR count). The van der Waals surface area contributed by atoms with Crippen molar-refractivity contribution in [2.45, 2.75) is 27.6 Å². The van der Waals surface area contributed by atoms with Gasteiger partial charge in [0.1, 0.15) is 18.4 Å². The molecule has 0 aliphatic heterocycles. The number of rotatable bonds is 1. The Balaban J connectivity index is 0.000000574. The molecule has 1 radical (unpaired) electrons. The van der Waals surface area contributed by atoms with Crippen LogP contribution in [0.4, 0.5) is 0 Å². The largest absolute Gasteiger partial charge is 0.456 e.